The second kappa shape index (κ2) is 15.8. The van der Waals surface area contributed by atoms with Crippen LogP contribution in [0.15, 0.2) is 0 Å². The topological polar surface area (TPSA) is 150 Å². The third-order valence-electron chi connectivity index (χ3n) is 3.65. The predicted octanol–water partition coefficient (Wildman–Crippen LogP) is 3.28. The molecule has 10 heteroatoms. The fourth-order valence-corrected chi connectivity index (χ4v) is 2.90. The first-order valence-corrected chi connectivity index (χ1v) is 9.48. The van der Waals surface area contributed by atoms with Gasteiger partial charge in [0.2, 0.25) is 13.1 Å². The quantitative estimate of drug-likeness (QED) is 0.278. The van der Waals surface area contributed by atoms with E-state index in [9.17, 15) is 29.8 Å². The predicted molar refractivity (Wildman–Crippen MR) is 103 cm³/mol. The van der Waals surface area contributed by atoms with Crippen LogP contribution in [0.3, 0.4) is 0 Å². The molecule has 2 unspecified atom stereocenters. The monoisotopic (exact) mass is 406 g/mol. The Morgan fingerprint density at radius 2 is 1.29 bits per heavy atom. The van der Waals surface area contributed by atoms with Gasteiger partial charge in [0.05, 0.1) is 19.4 Å². The Bertz CT molecular complexity index is 478. The molecule has 2 atom stereocenters. The van der Waals surface area contributed by atoms with Crippen molar-refractivity contribution in [3.8, 4) is 0 Å². The second-order valence-electron chi connectivity index (χ2n) is 7.63. The van der Waals surface area contributed by atoms with Crippen molar-refractivity contribution >= 4 is 11.9 Å². The number of carbonyl (C=O) groups is 2. The first-order chi connectivity index (χ1) is 12.9. The molecular formula is C18H34N2O8. The van der Waals surface area contributed by atoms with Crippen molar-refractivity contribution in [1.29, 1.82) is 0 Å². The molecule has 0 spiro atoms. The number of rotatable bonds is 13. The largest absolute Gasteiger partial charge is 0.481 e. The molecule has 0 aromatic heterocycles. The third-order valence-corrected chi connectivity index (χ3v) is 3.65. The highest BCUT2D eigenvalue weighted by atomic mass is 16.6. The normalized spacial score (nSPS) is 12.7. The average Bonchev–Trinajstić information content (AvgIpc) is 2.43. The summed E-state index contributed by atoms with van der Waals surface area (Å²) in [5.74, 6) is -1.21. The molecule has 164 valence electrons. The molecule has 28 heavy (non-hydrogen) atoms. The molecule has 0 aliphatic rings. The van der Waals surface area contributed by atoms with Crippen LogP contribution in [0.4, 0.5) is 0 Å². The number of nitrogens with zero attached hydrogens (tertiary/aromatic N) is 2. The Kier molecular flexibility index (Phi) is 15.7. The van der Waals surface area contributed by atoms with Gasteiger partial charge in [-0.25, -0.2) is 0 Å². The minimum atomic E-state index is -0.965. The van der Waals surface area contributed by atoms with Gasteiger partial charge in [-0.15, -0.1) is 0 Å². The summed E-state index contributed by atoms with van der Waals surface area (Å²) in [5, 5.41) is 29.1. The Labute approximate surface area is 165 Å². The van der Waals surface area contributed by atoms with Crippen molar-refractivity contribution < 1.29 is 29.3 Å². The SMILES string of the molecule is CC(C)CC(CC(=O)O)C[N+](=O)[O-].CCOC(=O)CC(CC(C)C)C[N+](=O)[O-]. The van der Waals surface area contributed by atoms with Gasteiger partial charge in [0.25, 0.3) is 0 Å². The lowest BCUT2D eigenvalue weighted by atomic mass is 9.94. The number of carboxylic acids is 1. The zero-order chi connectivity index (χ0) is 22.3. The Hall–Kier alpha value is -2.26. The summed E-state index contributed by atoms with van der Waals surface area (Å²) in [5.41, 5.74) is 0. The molecule has 0 saturated carbocycles. The highest BCUT2D eigenvalue weighted by Crippen LogP contribution is 2.17. The van der Waals surface area contributed by atoms with Gasteiger partial charge in [0.1, 0.15) is 0 Å². The van der Waals surface area contributed by atoms with E-state index in [1.165, 1.54) is 0 Å². The van der Waals surface area contributed by atoms with Crippen molar-refractivity contribution in [3.63, 3.8) is 0 Å². The van der Waals surface area contributed by atoms with Crippen molar-refractivity contribution in [1.82, 2.24) is 0 Å². The van der Waals surface area contributed by atoms with E-state index in [4.69, 9.17) is 9.84 Å². The van der Waals surface area contributed by atoms with Gasteiger partial charge in [-0.2, -0.15) is 0 Å². The molecule has 0 aromatic carbocycles. The average molecular weight is 406 g/mol. The van der Waals surface area contributed by atoms with E-state index in [2.05, 4.69) is 0 Å². The van der Waals surface area contributed by atoms with Crippen LogP contribution in [0, 0.1) is 43.9 Å². The van der Waals surface area contributed by atoms with E-state index in [0.29, 0.717) is 31.3 Å². The maximum atomic E-state index is 11.2. The number of hydrogen-bond acceptors (Lipinski definition) is 7. The molecule has 0 aliphatic carbocycles. The summed E-state index contributed by atoms with van der Waals surface area (Å²) in [6.45, 7) is 9.47. The molecule has 0 fully saturated rings. The number of carbonyl (C=O) groups excluding carboxylic acids is 1. The first kappa shape index (κ1) is 28.0. The molecule has 0 aliphatic heterocycles. The third kappa shape index (κ3) is 20.1. The van der Waals surface area contributed by atoms with Gasteiger partial charge in [-0.05, 0) is 31.6 Å². The van der Waals surface area contributed by atoms with E-state index in [0.717, 1.165) is 0 Å². The molecule has 1 N–H and O–H groups in total. The maximum Gasteiger partial charge on any atom is 0.306 e. The number of ether oxygens (including phenoxy) is 1. The number of esters is 1. The van der Waals surface area contributed by atoms with E-state index >= 15 is 0 Å². The zero-order valence-electron chi connectivity index (χ0n) is 17.5. The minimum absolute atomic E-state index is 0.112. The van der Waals surface area contributed by atoms with Crippen LogP contribution in [0.5, 0.6) is 0 Å². The summed E-state index contributed by atoms with van der Waals surface area (Å²) in [6.07, 6.45) is 1.30. The molecule has 0 radical (unpaired) electrons. The van der Waals surface area contributed by atoms with Gasteiger partial charge >= 0.3 is 11.9 Å². The fraction of sp³-hybridized carbons (Fsp3) is 0.889. The summed E-state index contributed by atoms with van der Waals surface area (Å²) in [6, 6.07) is 0. The molecule has 0 aromatic rings. The van der Waals surface area contributed by atoms with Gasteiger partial charge in [0, 0.05) is 21.7 Å². The smallest absolute Gasteiger partial charge is 0.306 e. The molecule has 10 nitrogen and oxygen atoms in total. The van der Waals surface area contributed by atoms with Crippen LogP contribution in [0.1, 0.15) is 60.3 Å². The van der Waals surface area contributed by atoms with Crippen molar-refractivity contribution in [2.45, 2.75) is 60.3 Å². The lowest BCUT2D eigenvalue weighted by molar-refractivity contribution is -0.488. The summed E-state index contributed by atoms with van der Waals surface area (Å²) in [7, 11) is 0. The van der Waals surface area contributed by atoms with Crippen LogP contribution in [-0.4, -0.2) is 46.6 Å². The Morgan fingerprint density at radius 3 is 1.57 bits per heavy atom. The molecule has 0 bridgehead atoms. The van der Waals surface area contributed by atoms with Crippen LogP contribution < -0.4 is 0 Å². The Morgan fingerprint density at radius 1 is 0.893 bits per heavy atom. The second-order valence-corrected chi connectivity index (χ2v) is 7.63. The van der Waals surface area contributed by atoms with Crippen LogP contribution in [-0.2, 0) is 14.3 Å². The number of hydrogen-bond donors (Lipinski definition) is 1. The molecule has 0 heterocycles. The lowest BCUT2D eigenvalue weighted by Crippen LogP contribution is -2.21. The van der Waals surface area contributed by atoms with Crippen LogP contribution in [0.25, 0.3) is 0 Å². The number of aliphatic carboxylic acids is 1. The van der Waals surface area contributed by atoms with E-state index in [1.54, 1.807) is 6.92 Å². The summed E-state index contributed by atoms with van der Waals surface area (Å²) >= 11 is 0. The van der Waals surface area contributed by atoms with Crippen molar-refractivity contribution in [2.75, 3.05) is 19.7 Å². The van der Waals surface area contributed by atoms with Gasteiger partial charge in [-0.1, -0.05) is 27.7 Å². The molecule has 0 saturated heterocycles. The van der Waals surface area contributed by atoms with E-state index < -0.39 is 10.9 Å². The standard InChI is InChI=1S/C10H19NO4.C8H15NO4/c1-4-15-10(12)6-9(5-8(2)3)7-11(13)14;1-6(2)3-7(4-8(10)11)5-9(12)13/h8-9H,4-7H2,1-3H3;6-7H,3-5H2,1-2H3,(H,10,11). The maximum absolute atomic E-state index is 11.2. The van der Waals surface area contributed by atoms with Crippen LogP contribution >= 0.6 is 0 Å². The summed E-state index contributed by atoms with van der Waals surface area (Å²) < 4.78 is 4.77. The fourth-order valence-electron chi connectivity index (χ4n) is 2.90. The van der Waals surface area contributed by atoms with Crippen molar-refractivity contribution in [3.05, 3.63) is 20.2 Å². The summed E-state index contributed by atoms with van der Waals surface area (Å²) in [4.78, 5) is 41.3. The highest BCUT2D eigenvalue weighted by Gasteiger charge is 2.21. The van der Waals surface area contributed by atoms with Crippen LogP contribution in [0.2, 0.25) is 0 Å². The number of carboxylic acid groups (broad SMARTS) is 1. The Balaban J connectivity index is 0. The van der Waals surface area contributed by atoms with E-state index in [1.807, 2.05) is 27.7 Å². The van der Waals surface area contributed by atoms with Crippen molar-refractivity contribution in [2.24, 2.45) is 23.7 Å². The lowest BCUT2D eigenvalue weighted by Gasteiger charge is -2.13. The van der Waals surface area contributed by atoms with Gasteiger partial charge in [-0.3, -0.25) is 29.8 Å². The molecular weight excluding hydrogens is 372 g/mol. The minimum Gasteiger partial charge on any atom is -0.481 e. The molecule has 0 rings (SSSR count). The van der Waals surface area contributed by atoms with Gasteiger partial charge < -0.3 is 9.84 Å². The van der Waals surface area contributed by atoms with E-state index in [-0.39, 0.29) is 48.7 Å². The first-order valence-electron chi connectivity index (χ1n) is 9.48. The zero-order valence-corrected chi connectivity index (χ0v) is 17.5. The molecule has 0 amide bonds. The number of nitro groups is 2. The van der Waals surface area contributed by atoms with Gasteiger partial charge in [0.15, 0.2) is 0 Å². The highest BCUT2D eigenvalue weighted by molar-refractivity contribution is 5.69.